The van der Waals surface area contributed by atoms with Gasteiger partial charge in [0.15, 0.2) is 0 Å². The molecule has 1 aliphatic rings. The molecule has 16 heavy (non-hydrogen) atoms. The van der Waals surface area contributed by atoms with Crippen molar-refractivity contribution >= 4 is 11.9 Å². The number of hydrogen-bond acceptors (Lipinski definition) is 5. The minimum absolute atomic E-state index is 0.0552. The van der Waals surface area contributed by atoms with Crippen LogP contribution in [-0.2, 0) is 11.4 Å². The maximum Gasteiger partial charge on any atom is 0.225 e. The van der Waals surface area contributed by atoms with E-state index in [1.165, 1.54) is 0 Å². The Balaban J connectivity index is 2.07. The average Bonchev–Trinajstić information content (AvgIpc) is 2.54. The lowest BCUT2D eigenvalue weighted by Gasteiger charge is -2.18. The van der Waals surface area contributed by atoms with Crippen LogP contribution in [0.2, 0.25) is 0 Å². The third-order valence-corrected chi connectivity index (χ3v) is 2.47. The zero-order chi connectivity index (χ0) is 11.4. The molecule has 0 spiro atoms. The van der Waals surface area contributed by atoms with Crippen molar-refractivity contribution < 1.29 is 9.90 Å². The van der Waals surface area contributed by atoms with Gasteiger partial charge in [0.05, 0.1) is 6.61 Å². The van der Waals surface area contributed by atoms with Crippen LogP contribution in [0, 0.1) is 0 Å². The molecular formula is C10H14N4O2. The Bertz CT molecular complexity index is 366. The summed E-state index contributed by atoms with van der Waals surface area (Å²) in [5, 5.41) is 11.7. The van der Waals surface area contributed by atoms with Crippen molar-refractivity contribution in [2.75, 3.05) is 24.5 Å². The summed E-state index contributed by atoms with van der Waals surface area (Å²) in [5.74, 6) is 0.670. The maximum atomic E-state index is 11.1. The van der Waals surface area contributed by atoms with Crippen LogP contribution in [0.1, 0.15) is 12.0 Å². The lowest BCUT2D eigenvalue weighted by atomic mass is 10.3. The standard InChI is InChI=1S/C10H14N4O2/c15-7-8-5-12-10(13-6-8)14-3-1-9(16)11-2-4-14/h5-6,15H,1-4,7H2,(H,11,16). The first-order chi connectivity index (χ1) is 7.79. The number of aliphatic hydroxyl groups is 1. The molecule has 1 fully saturated rings. The predicted octanol–water partition coefficient (Wildman–Crippen LogP) is -0.705. The fourth-order valence-corrected chi connectivity index (χ4v) is 1.56. The van der Waals surface area contributed by atoms with Gasteiger partial charge in [0.1, 0.15) is 0 Å². The Kier molecular flexibility index (Phi) is 3.31. The Morgan fingerprint density at radius 1 is 1.38 bits per heavy atom. The molecule has 2 N–H and O–H groups in total. The quantitative estimate of drug-likeness (QED) is 0.691. The van der Waals surface area contributed by atoms with Gasteiger partial charge in [-0.05, 0) is 0 Å². The number of aliphatic hydroxyl groups excluding tert-OH is 1. The van der Waals surface area contributed by atoms with Gasteiger partial charge in [-0.3, -0.25) is 4.79 Å². The van der Waals surface area contributed by atoms with Crippen LogP contribution >= 0.6 is 0 Å². The first kappa shape index (κ1) is 10.8. The lowest BCUT2D eigenvalue weighted by molar-refractivity contribution is -0.120. The first-order valence-corrected chi connectivity index (χ1v) is 5.23. The molecule has 6 heteroatoms. The highest BCUT2D eigenvalue weighted by atomic mass is 16.3. The summed E-state index contributed by atoms with van der Waals surface area (Å²) in [6.45, 7) is 1.90. The van der Waals surface area contributed by atoms with Crippen molar-refractivity contribution in [3.8, 4) is 0 Å². The van der Waals surface area contributed by atoms with Gasteiger partial charge in [-0.1, -0.05) is 0 Å². The minimum atomic E-state index is -0.0552. The average molecular weight is 222 g/mol. The smallest absolute Gasteiger partial charge is 0.225 e. The van der Waals surface area contributed by atoms with Gasteiger partial charge < -0.3 is 15.3 Å². The second kappa shape index (κ2) is 4.89. The number of hydrogen-bond donors (Lipinski definition) is 2. The highest BCUT2D eigenvalue weighted by molar-refractivity contribution is 5.76. The molecule has 0 aliphatic carbocycles. The predicted molar refractivity (Wildman–Crippen MR) is 57.8 cm³/mol. The number of rotatable bonds is 2. The van der Waals surface area contributed by atoms with E-state index in [1.807, 2.05) is 4.90 Å². The van der Waals surface area contributed by atoms with Crippen LogP contribution in [0.15, 0.2) is 12.4 Å². The van der Waals surface area contributed by atoms with Crippen LogP contribution < -0.4 is 10.2 Å². The fourth-order valence-electron chi connectivity index (χ4n) is 1.56. The molecule has 0 radical (unpaired) electrons. The molecule has 1 saturated heterocycles. The second-order valence-corrected chi connectivity index (χ2v) is 3.64. The van der Waals surface area contributed by atoms with Gasteiger partial charge in [0.2, 0.25) is 11.9 Å². The molecule has 0 bridgehead atoms. The fraction of sp³-hybridized carbons (Fsp3) is 0.500. The first-order valence-electron chi connectivity index (χ1n) is 5.23. The summed E-state index contributed by atoms with van der Waals surface area (Å²) in [6.07, 6.45) is 3.66. The van der Waals surface area contributed by atoms with E-state index in [4.69, 9.17) is 5.11 Å². The third kappa shape index (κ3) is 2.46. The molecule has 0 atom stereocenters. The van der Waals surface area contributed by atoms with Crippen molar-refractivity contribution in [3.05, 3.63) is 18.0 Å². The molecule has 2 rings (SSSR count). The number of anilines is 1. The topological polar surface area (TPSA) is 78.4 Å². The van der Waals surface area contributed by atoms with E-state index in [-0.39, 0.29) is 12.5 Å². The summed E-state index contributed by atoms with van der Waals surface area (Å²) in [7, 11) is 0. The Morgan fingerprint density at radius 3 is 2.81 bits per heavy atom. The summed E-state index contributed by atoms with van der Waals surface area (Å²) in [6, 6.07) is 0. The van der Waals surface area contributed by atoms with Crippen molar-refractivity contribution in [1.82, 2.24) is 15.3 Å². The third-order valence-electron chi connectivity index (χ3n) is 2.47. The Labute approximate surface area is 93.3 Å². The van der Waals surface area contributed by atoms with E-state index in [0.717, 1.165) is 0 Å². The van der Waals surface area contributed by atoms with E-state index in [1.54, 1.807) is 12.4 Å². The van der Waals surface area contributed by atoms with Crippen molar-refractivity contribution in [2.24, 2.45) is 0 Å². The number of aromatic nitrogens is 2. The van der Waals surface area contributed by atoms with Crippen LogP contribution in [0.25, 0.3) is 0 Å². The lowest BCUT2D eigenvalue weighted by Crippen LogP contribution is -2.29. The minimum Gasteiger partial charge on any atom is -0.392 e. The van der Waals surface area contributed by atoms with Crippen LogP contribution in [0.4, 0.5) is 5.95 Å². The Hall–Kier alpha value is -1.69. The van der Waals surface area contributed by atoms with Crippen LogP contribution in [0.3, 0.4) is 0 Å². The summed E-state index contributed by atoms with van der Waals surface area (Å²) < 4.78 is 0. The number of nitrogens with zero attached hydrogens (tertiary/aromatic N) is 3. The van der Waals surface area contributed by atoms with Gasteiger partial charge in [0, 0.05) is 44.0 Å². The molecule has 0 saturated carbocycles. The van der Waals surface area contributed by atoms with Crippen molar-refractivity contribution in [3.63, 3.8) is 0 Å². The van der Waals surface area contributed by atoms with E-state index >= 15 is 0 Å². The molecular weight excluding hydrogens is 208 g/mol. The molecule has 0 aromatic carbocycles. The van der Waals surface area contributed by atoms with Crippen LogP contribution in [0.5, 0.6) is 0 Å². The van der Waals surface area contributed by atoms with Gasteiger partial charge in [-0.2, -0.15) is 0 Å². The van der Waals surface area contributed by atoms with Crippen molar-refractivity contribution in [2.45, 2.75) is 13.0 Å². The zero-order valence-electron chi connectivity index (χ0n) is 8.89. The number of carbonyl (C=O) groups excluding carboxylic acids is 1. The maximum absolute atomic E-state index is 11.1. The molecule has 86 valence electrons. The SMILES string of the molecule is O=C1CCN(c2ncc(CO)cn2)CCN1. The zero-order valence-corrected chi connectivity index (χ0v) is 8.89. The van der Waals surface area contributed by atoms with Gasteiger partial charge in [-0.15, -0.1) is 0 Å². The number of carbonyl (C=O) groups is 1. The van der Waals surface area contributed by atoms with Crippen molar-refractivity contribution in [1.29, 1.82) is 0 Å². The van der Waals surface area contributed by atoms with E-state index in [2.05, 4.69) is 15.3 Å². The monoisotopic (exact) mass is 222 g/mol. The molecule has 2 heterocycles. The van der Waals surface area contributed by atoms with E-state index in [0.29, 0.717) is 37.6 Å². The highest BCUT2D eigenvalue weighted by Gasteiger charge is 2.15. The second-order valence-electron chi connectivity index (χ2n) is 3.64. The summed E-state index contributed by atoms with van der Waals surface area (Å²) in [5.41, 5.74) is 0.688. The molecule has 1 amide bonds. The van der Waals surface area contributed by atoms with Gasteiger partial charge in [-0.25, -0.2) is 9.97 Å². The molecule has 1 aromatic heterocycles. The molecule has 1 aromatic rings. The van der Waals surface area contributed by atoms with Gasteiger partial charge >= 0.3 is 0 Å². The highest BCUT2D eigenvalue weighted by Crippen LogP contribution is 2.08. The molecule has 1 aliphatic heterocycles. The molecule has 6 nitrogen and oxygen atoms in total. The summed E-state index contributed by atoms with van der Waals surface area (Å²) >= 11 is 0. The Morgan fingerprint density at radius 2 is 2.12 bits per heavy atom. The largest absolute Gasteiger partial charge is 0.392 e. The normalized spacial score (nSPS) is 16.8. The number of nitrogens with one attached hydrogen (secondary N) is 1. The van der Waals surface area contributed by atoms with E-state index in [9.17, 15) is 4.79 Å². The summed E-state index contributed by atoms with van der Waals surface area (Å²) in [4.78, 5) is 21.4. The van der Waals surface area contributed by atoms with E-state index < -0.39 is 0 Å². The van der Waals surface area contributed by atoms with Crippen LogP contribution in [-0.4, -0.2) is 40.6 Å². The number of amides is 1. The van der Waals surface area contributed by atoms with Gasteiger partial charge in [0.25, 0.3) is 0 Å². The molecule has 0 unspecified atom stereocenters.